The van der Waals surface area contributed by atoms with Gasteiger partial charge in [0.15, 0.2) is 0 Å². The zero-order chi connectivity index (χ0) is 7.11. The summed E-state index contributed by atoms with van der Waals surface area (Å²) < 4.78 is 4.56. The highest BCUT2D eigenvalue weighted by molar-refractivity contribution is 5.15. The van der Waals surface area contributed by atoms with Crippen LogP contribution in [0.4, 0.5) is 0 Å². The van der Waals surface area contributed by atoms with Crippen LogP contribution in [0.3, 0.4) is 0 Å². The predicted octanol–water partition coefficient (Wildman–Crippen LogP) is 0.531. The number of aliphatic hydroxyl groups is 1. The maximum Gasteiger partial charge on any atom is 0.112 e. The third kappa shape index (κ3) is 7.06. The normalized spacial score (nSPS) is 12.3. The molecule has 0 saturated heterocycles. The van der Waals surface area contributed by atoms with E-state index in [4.69, 9.17) is 5.11 Å². The van der Waals surface area contributed by atoms with Gasteiger partial charge in [0, 0.05) is 6.08 Å². The lowest BCUT2D eigenvalue weighted by molar-refractivity contribution is 0.253. The summed E-state index contributed by atoms with van der Waals surface area (Å²) in [7, 11) is 1.54. The first-order valence-electron chi connectivity index (χ1n) is 2.64. The van der Waals surface area contributed by atoms with E-state index in [9.17, 15) is 0 Å². The largest absolute Gasteiger partial charge is 0.504 e. The van der Waals surface area contributed by atoms with Crippen LogP contribution in [0.25, 0.3) is 0 Å². The molecule has 0 amide bonds. The van der Waals surface area contributed by atoms with Crippen LogP contribution in [-0.4, -0.2) is 18.3 Å². The fraction of sp³-hybridized carbons (Fsp3) is 0.429. The van der Waals surface area contributed by atoms with Gasteiger partial charge in [-0.2, -0.15) is 0 Å². The predicted molar refractivity (Wildman–Crippen MR) is 35.6 cm³/mol. The van der Waals surface area contributed by atoms with Crippen molar-refractivity contribution < 1.29 is 9.84 Å². The average Bonchev–Trinajstić information content (AvgIpc) is 1.80. The van der Waals surface area contributed by atoms with Crippen molar-refractivity contribution in [3.8, 4) is 11.8 Å². The van der Waals surface area contributed by atoms with E-state index in [0.29, 0.717) is 0 Å². The van der Waals surface area contributed by atoms with Gasteiger partial charge >= 0.3 is 0 Å². The van der Waals surface area contributed by atoms with Gasteiger partial charge < -0.3 is 9.84 Å². The second-order valence-electron chi connectivity index (χ2n) is 1.50. The summed E-state index contributed by atoms with van der Waals surface area (Å²) in [6.45, 7) is 1.60. The Morgan fingerprint density at radius 1 is 1.67 bits per heavy atom. The van der Waals surface area contributed by atoms with E-state index in [2.05, 4.69) is 16.6 Å². The minimum absolute atomic E-state index is 0.563. The first-order chi connectivity index (χ1) is 4.27. The Morgan fingerprint density at radius 3 is 2.78 bits per heavy atom. The van der Waals surface area contributed by atoms with Crippen LogP contribution in [0, 0.1) is 11.8 Å². The first kappa shape index (κ1) is 8.06. The quantitative estimate of drug-likeness (QED) is 0.410. The third-order valence-corrected chi connectivity index (χ3v) is 0.580. The van der Waals surface area contributed by atoms with Crippen molar-refractivity contribution in [2.75, 3.05) is 7.11 Å². The van der Waals surface area contributed by atoms with Crippen LogP contribution in [0.5, 0.6) is 0 Å². The molecule has 1 unspecified atom stereocenters. The Labute approximate surface area is 55.1 Å². The van der Waals surface area contributed by atoms with Gasteiger partial charge in [-0.15, -0.1) is 0 Å². The van der Waals surface area contributed by atoms with Crippen LogP contribution in [-0.2, 0) is 4.74 Å². The molecule has 1 atom stereocenters. The number of hydrogen-bond donors (Lipinski definition) is 1. The van der Waals surface area contributed by atoms with E-state index in [1.807, 2.05) is 0 Å². The summed E-state index contributed by atoms with van der Waals surface area (Å²) in [5.41, 5.74) is 0. The molecule has 1 N–H and O–H groups in total. The van der Waals surface area contributed by atoms with Crippen LogP contribution in [0.15, 0.2) is 12.3 Å². The summed E-state index contributed by atoms with van der Waals surface area (Å²) >= 11 is 0. The smallest absolute Gasteiger partial charge is 0.112 e. The second kappa shape index (κ2) is 5.20. The Kier molecular flexibility index (Phi) is 4.66. The summed E-state index contributed by atoms with van der Waals surface area (Å²) in [6, 6.07) is 0. The molecule has 0 aromatic rings. The van der Waals surface area contributed by atoms with Crippen LogP contribution >= 0.6 is 0 Å². The van der Waals surface area contributed by atoms with Gasteiger partial charge in [-0.05, 0) is 6.92 Å². The van der Waals surface area contributed by atoms with Crippen molar-refractivity contribution in [3.63, 3.8) is 0 Å². The Hall–Kier alpha value is -0.940. The number of methoxy groups -OCH3 is 1. The standard InChI is InChI=1S/C7H10O2/c1-7(8)5-3-4-6-9-2/h4,6-8H,1-2H3/b6-4+. The zero-order valence-electron chi connectivity index (χ0n) is 5.59. The molecular formula is C7H10O2. The fourth-order valence-electron chi connectivity index (χ4n) is 0.271. The van der Waals surface area contributed by atoms with Crippen molar-refractivity contribution in [1.29, 1.82) is 0 Å². The summed E-state index contributed by atoms with van der Waals surface area (Å²) in [4.78, 5) is 0. The van der Waals surface area contributed by atoms with Crippen LogP contribution in [0.1, 0.15) is 6.92 Å². The Balaban J connectivity index is 3.49. The van der Waals surface area contributed by atoms with Crippen molar-refractivity contribution in [2.24, 2.45) is 0 Å². The van der Waals surface area contributed by atoms with Crippen LogP contribution in [0.2, 0.25) is 0 Å². The number of aliphatic hydroxyl groups excluding tert-OH is 1. The molecule has 0 saturated carbocycles. The SMILES string of the molecule is CO/C=C/C#CC(C)O. The molecule has 2 heteroatoms. The van der Waals surface area contributed by atoms with Crippen molar-refractivity contribution >= 4 is 0 Å². The Morgan fingerprint density at radius 2 is 2.33 bits per heavy atom. The highest BCUT2D eigenvalue weighted by Gasteiger charge is 1.78. The van der Waals surface area contributed by atoms with E-state index in [1.165, 1.54) is 12.3 Å². The first-order valence-corrected chi connectivity index (χ1v) is 2.64. The van der Waals surface area contributed by atoms with Gasteiger partial charge in [0.2, 0.25) is 0 Å². The molecule has 0 heterocycles. The fourth-order valence-corrected chi connectivity index (χ4v) is 0.271. The lowest BCUT2D eigenvalue weighted by Gasteiger charge is -1.84. The van der Waals surface area contributed by atoms with Gasteiger partial charge in [-0.3, -0.25) is 0 Å². The van der Waals surface area contributed by atoms with E-state index in [0.717, 1.165) is 0 Å². The average molecular weight is 126 g/mol. The second-order valence-corrected chi connectivity index (χ2v) is 1.50. The van der Waals surface area contributed by atoms with Gasteiger partial charge in [-0.1, -0.05) is 11.8 Å². The lowest BCUT2D eigenvalue weighted by atomic mass is 10.4. The monoisotopic (exact) mass is 126 g/mol. The number of rotatable bonds is 1. The molecule has 50 valence electrons. The maximum absolute atomic E-state index is 8.60. The highest BCUT2D eigenvalue weighted by atomic mass is 16.5. The number of ether oxygens (including phenoxy) is 1. The minimum Gasteiger partial charge on any atom is -0.504 e. The molecular weight excluding hydrogens is 116 g/mol. The third-order valence-electron chi connectivity index (χ3n) is 0.580. The molecule has 0 aromatic heterocycles. The van der Waals surface area contributed by atoms with E-state index in [-0.39, 0.29) is 0 Å². The molecule has 9 heavy (non-hydrogen) atoms. The van der Waals surface area contributed by atoms with E-state index in [1.54, 1.807) is 14.0 Å². The molecule has 0 fully saturated rings. The molecule has 0 rings (SSSR count). The van der Waals surface area contributed by atoms with Crippen molar-refractivity contribution in [2.45, 2.75) is 13.0 Å². The number of allylic oxidation sites excluding steroid dienone is 1. The molecule has 0 radical (unpaired) electrons. The molecule has 0 bridgehead atoms. The van der Waals surface area contributed by atoms with Crippen molar-refractivity contribution in [3.05, 3.63) is 12.3 Å². The van der Waals surface area contributed by atoms with E-state index >= 15 is 0 Å². The Bertz CT molecular complexity index is 137. The number of hydrogen-bond acceptors (Lipinski definition) is 2. The summed E-state index contributed by atoms with van der Waals surface area (Å²) in [5, 5.41) is 8.60. The van der Waals surface area contributed by atoms with Crippen LogP contribution < -0.4 is 0 Å². The van der Waals surface area contributed by atoms with Gasteiger partial charge in [-0.25, -0.2) is 0 Å². The molecule has 0 aliphatic carbocycles. The highest BCUT2D eigenvalue weighted by Crippen LogP contribution is 1.74. The van der Waals surface area contributed by atoms with Gasteiger partial charge in [0.05, 0.1) is 13.4 Å². The topological polar surface area (TPSA) is 29.5 Å². The molecule has 0 aromatic carbocycles. The summed E-state index contributed by atoms with van der Waals surface area (Å²) in [5.74, 6) is 5.10. The van der Waals surface area contributed by atoms with E-state index < -0.39 is 6.10 Å². The molecule has 0 aliphatic heterocycles. The summed E-state index contributed by atoms with van der Waals surface area (Å²) in [6.07, 6.45) is 2.42. The zero-order valence-corrected chi connectivity index (χ0v) is 5.59. The van der Waals surface area contributed by atoms with Gasteiger partial charge in [0.25, 0.3) is 0 Å². The minimum atomic E-state index is -0.563. The molecule has 2 nitrogen and oxygen atoms in total. The molecule has 0 spiro atoms. The van der Waals surface area contributed by atoms with Gasteiger partial charge in [0.1, 0.15) is 6.10 Å². The van der Waals surface area contributed by atoms with Crippen molar-refractivity contribution in [1.82, 2.24) is 0 Å². The molecule has 0 aliphatic rings. The lowest BCUT2D eigenvalue weighted by Crippen LogP contribution is -1.91. The maximum atomic E-state index is 8.60.